The molecule has 0 aliphatic carbocycles. The van der Waals surface area contributed by atoms with Crippen molar-refractivity contribution in [1.82, 2.24) is 0 Å². The molecule has 0 unspecified atom stereocenters. The van der Waals surface area contributed by atoms with E-state index in [1.54, 1.807) is 17.8 Å². The van der Waals surface area contributed by atoms with Gasteiger partial charge in [0.2, 0.25) is 0 Å². The van der Waals surface area contributed by atoms with Crippen LogP contribution in [0.1, 0.15) is 93.4 Å². The first-order valence-corrected chi connectivity index (χ1v) is 12.1. The van der Waals surface area contributed by atoms with Crippen LogP contribution >= 0.6 is 11.8 Å². The van der Waals surface area contributed by atoms with Gasteiger partial charge in [0.15, 0.2) is 5.78 Å². The Morgan fingerprint density at radius 3 is 2.00 bits per heavy atom. The largest absolute Gasteiger partial charge is 0.290 e. The van der Waals surface area contributed by atoms with Crippen LogP contribution in [0.25, 0.3) is 0 Å². The lowest BCUT2D eigenvalue weighted by Gasteiger charge is -2.14. The molecule has 0 saturated heterocycles. The third-order valence-corrected chi connectivity index (χ3v) is 5.11. The molecular weight excluding hydrogens is 374 g/mol. The molecule has 0 atom stereocenters. The topological polar surface area (TPSA) is 29.4 Å². The molecule has 1 aliphatic heterocycles. The van der Waals surface area contributed by atoms with Crippen molar-refractivity contribution in [3.05, 3.63) is 47.9 Å². The molecule has 0 saturated carbocycles. The molecule has 1 aromatic rings. The SMILES string of the molecule is C=CC(=O)/C=C1/Sc2ccccc2N=C1C.CC.CC.CCCCCCCCC. The van der Waals surface area contributed by atoms with E-state index in [-0.39, 0.29) is 5.78 Å². The number of benzene rings is 1. The molecule has 1 heterocycles. The van der Waals surface area contributed by atoms with Crippen molar-refractivity contribution in [2.24, 2.45) is 4.99 Å². The molecule has 0 fully saturated rings. The first kappa shape index (κ1) is 29.6. The number of allylic oxidation sites excluding steroid dienone is 3. The maximum Gasteiger partial charge on any atom is 0.179 e. The number of carbonyl (C=O) groups excluding carboxylic acids is 1. The summed E-state index contributed by atoms with van der Waals surface area (Å²) in [4.78, 5) is 17.7. The maximum absolute atomic E-state index is 11.3. The second-order valence-electron chi connectivity index (χ2n) is 6.15. The van der Waals surface area contributed by atoms with Crippen molar-refractivity contribution in [2.75, 3.05) is 0 Å². The zero-order valence-corrected chi connectivity index (χ0v) is 20.7. The monoisotopic (exact) mass is 417 g/mol. The van der Waals surface area contributed by atoms with Crippen LogP contribution in [0.3, 0.4) is 0 Å². The van der Waals surface area contributed by atoms with Gasteiger partial charge >= 0.3 is 0 Å². The first-order valence-electron chi connectivity index (χ1n) is 11.3. The summed E-state index contributed by atoms with van der Waals surface area (Å²) in [6.45, 7) is 17.9. The quantitative estimate of drug-likeness (QED) is 0.311. The number of rotatable bonds is 8. The summed E-state index contributed by atoms with van der Waals surface area (Å²) in [5.41, 5.74) is 1.84. The molecule has 1 aromatic carbocycles. The predicted molar refractivity (Wildman–Crippen MR) is 135 cm³/mol. The fourth-order valence-corrected chi connectivity index (χ4v) is 3.39. The lowest BCUT2D eigenvalue weighted by Crippen LogP contribution is -2.01. The highest BCUT2D eigenvalue weighted by Gasteiger charge is 2.14. The maximum atomic E-state index is 11.3. The van der Waals surface area contributed by atoms with E-state index in [0.29, 0.717) is 0 Å². The number of ketones is 1. The third kappa shape index (κ3) is 14.1. The van der Waals surface area contributed by atoms with E-state index in [9.17, 15) is 4.79 Å². The molecule has 0 radical (unpaired) electrons. The molecule has 0 spiro atoms. The number of nitrogens with zero attached hydrogens (tertiary/aromatic N) is 1. The predicted octanol–water partition coefficient (Wildman–Crippen LogP) is 9.33. The summed E-state index contributed by atoms with van der Waals surface area (Å²) < 4.78 is 0. The average Bonchev–Trinajstić information content (AvgIpc) is 2.77. The van der Waals surface area contributed by atoms with Gasteiger partial charge in [0.05, 0.1) is 11.4 Å². The van der Waals surface area contributed by atoms with Crippen molar-refractivity contribution in [3.63, 3.8) is 0 Å². The van der Waals surface area contributed by atoms with Crippen molar-refractivity contribution in [1.29, 1.82) is 0 Å². The normalized spacial score (nSPS) is 12.7. The lowest BCUT2D eigenvalue weighted by molar-refractivity contribution is -0.110. The fraction of sp³-hybridized carbons (Fsp3) is 0.538. The number of unbranched alkanes of at least 4 members (excludes halogenated alkanes) is 6. The van der Waals surface area contributed by atoms with Crippen LogP contribution in [0.2, 0.25) is 0 Å². The highest BCUT2D eigenvalue weighted by atomic mass is 32.2. The summed E-state index contributed by atoms with van der Waals surface area (Å²) in [7, 11) is 0. The van der Waals surface area contributed by atoms with Crippen molar-refractivity contribution >= 4 is 28.9 Å². The molecule has 0 bridgehead atoms. The highest BCUT2D eigenvalue weighted by molar-refractivity contribution is 8.04. The number of para-hydroxylation sites is 1. The Labute approximate surface area is 185 Å². The van der Waals surface area contributed by atoms with Gasteiger partial charge in [0.1, 0.15) is 0 Å². The molecule has 0 N–H and O–H groups in total. The van der Waals surface area contributed by atoms with Gasteiger partial charge in [-0.05, 0) is 25.1 Å². The van der Waals surface area contributed by atoms with Crippen molar-refractivity contribution in [2.45, 2.75) is 98.3 Å². The molecule has 2 nitrogen and oxygen atoms in total. The molecule has 2 rings (SSSR count). The van der Waals surface area contributed by atoms with E-state index in [1.807, 2.05) is 58.9 Å². The van der Waals surface area contributed by atoms with E-state index in [2.05, 4.69) is 25.4 Å². The highest BCUT2D eigenvalue weighted by Crippen LogP contribution is 2.39. The summed E-state index contributed by atoms with van der Waals surface area (Å²) >= 11 is 1.57. The molecule has 164 valence electrons. The number of thioether (sulfide) groups is 1. The van der Waals surface area contributed by atoms with E-state index < -0.39 is 0 Å². The standard InChI is InChI=1S/C13H11NOS.C9H20.2C2H6/c1-3-10(15)8-13-9(2)14-11-6-4-5-7-12(11)16-13;1-3-5-7-9-8-6-4-2;2*1-2/h3-8H,1H2,2H3;3-9H2,1-2H3;2*1-2H3/b13-8+;;;. The van der Waals surface area contributed by atoms with Crippen LogP contribution in [0.4, 0.5) is 5.69 Å². The number of aliphatic imine (C=N–C) groups is 1. The molecule has 1 aliphatic rings. The van der Waals surface area contributed by atoms with E-state index >= 15 is 0 Å². The minimum absolute atomic E-state index is 0.0866. The third-order valence-electron chi connectivity index (χ3n) is 3.91. The van der Waals surface area contributed by atoms with Gasteiger partial charge in [-0.2, -0.15) is 0 Å². The Bertz CT molecular complexity index is 611. The van der Waals surface area contributed by atoms with Crippen LogP contribution in [0, 0.1) is 0 Å². The van der Waals surface area contributed by atoms with Crippen LogP contribution in [-0.4, -0.2) is 11.5 Å². The van der Waals surface area contributed by atoms with E-state index in [4.69, 9.17) is 0 Å². The van der Waals surface area contributed by atoms with E-state index in [0.717, 1.165) is 21.2 Å². The number of carbonyl (C=O) groups is 1. The van der Waals surface area contributed by atoms with Crippen LogP contribution < -0.4 is 0 Å². The van der Waals surface area contributed by atoms with Gasteiger partial charge in [-0.3, -0.25) is 9.79 Å². The minimum Gasteiger partial charge on any atom is -0.290 e. The molecule has 29 heavy (non-hydrogen) atoms. The van der Waals surface area contributed by atoms with Gasteiger partial charge in [-0.15, -0.1) is 0 Å². The number of fused-ring (bicyclic) bond motifs is 1. The van der Waals surface area contributed by atoms with Gasteiger partial charge in [-0.1, -0.05) is 117 Å². The minimum atomic E-state index is -0.0866. The smallest absolute Gasteiger partial charge is 0.179 e. The summed E-state index contributed by atoms with van der Waals surface area (Å²) in [6, 6.07) is 7.90. The lowest BCUT2D eigenvalue weighted by atomic mass is 10.1. The summed E-state index contributed by atoms with van der Waals surface area (Å²) in [5.74, 6) is -0.0866. The Kier molecular flexibility index (Phi) is 21.5. The van der Waals surface area contributed by atoms with E-state index in [1.165, 1.54) is 51.0 Å². The average molecular weight is 418 g/mol. The Morgan fingerprint density at radius 1 is 0.966 bits per heavy atom. The zero-order chi connectivity index (χ0) is 22.5. The Balaban J connectivity index is 0. The molecule has 3 heteroatoms. The van der Waals surface area contributed by atoms with Crippen molar-refractivity contribution in [3.8, 4) is 0 Å². The van der Waals surface area contributed by atoms with Gasteiger partial charge in [-0.25, -0.2) is 0 Å². The van der Waals surface area contributed by atoms with Crippen LogP contribution in [-0.2, 0) is 4.79 Å². The van der Waals surface area contributed by atoms with Gasteiger partial charge < -0.3 is 0 Å². The van der Waals surface area contributed by atoms with Gasteiger partial charge in [0, 0.05) is 15.9 Å². The molecule has 0 aromatic heterocycles. The Hall–Kier alpha value is -1.61. The second-order valence-corrected chi connectivity index (χ2v) is 7.23. The van der Waals surface area contributed by atoms with Crippen molar-refractivity contribution < 1.29 is 4.79 Å². The van der Waals surface area contributed by atoms with Gasteiger partial charge in [0.25, 0.3) is 0 Å². The summed E-state index contributed by atoms with van der Waals surface area (Å²) in [6.07, 6.45) is 12.9. The number of hydrogen-bond donors (Lipinski definition) is 0. The second kappa shape index (κ2) is 21.1. The molecule has 0 amide bonds. The summed E-state index contributed by atoms with van der Waals surface area (Å²) in [5, 5.41) is 0. The fourth-order valence-electron chi connectivity index (χ4n) is 2.42. The van der Waals surface area contributed by atoms with Crippen LogP contribution in [0.15, 0.2) is 57.8 Å². The van der Waals surface area contributed by atoms with Crippen LogP contribution in [0.5, 0.6) is 0 Å². The zero-order valence-electron chi connectivity index (χ0n) is 19.9. The first-order chi connectivity index (χ1) is 14.1. The Morgan fingerprint density at radius 2 is 1.48 bits per heavy atom. The molecular formula is C26H43NOS. The number of hydrogen-bond acceptors (Lipinski definition) is 3.